The summed E-state index contributed by atoms with van der Waals surface area (Å²) in [5, 5.41) is 10.2. The quantitative estimate of drug-likeness (QED) is 0.439. The standard InChI is InChI=1S/C21H20ClF3N4O2/c1-21(2,3)29(20(30)31)17-9-28-16-7-18(22)26-8-15(16)27-19(28)5-11(17)10-4-13(24)14(25)6-12(10)23/h4,6-8,11,17H,5,9H2,1-3H3,(H,30,31)/t11-,17+/m1/s1. The molecule has 1 N–H and O–H groups in total. The van der Waals surface area contributed by atoms with Crippen molar-refractivity contribution in [3.05, 3.63) is 58.4 Å². The summed E-state index contributed by atoms with van der Waals surface area (Å²) in [5.74, 6) is -3.64. The third-order valence-corrected chi connectivity index (χ3v) is 5.82. The van der Waals surface area contributed by atoms with Gasteiger partial charge in [0.2, 0.25) is 0 Å². The second-order valence-corrected chi connectivity index (χ2v) is 9.01. The molecule has 2 atom stereocenters. The summed E-state index contributed by atoms with van der Waals surface area (Å²) >= 11 is 6.03. The molecule has 3 heterocycles. The minimum Gasteiger partial charge on any atom is -0.465 e. The smallest absolute Gasteiger partial charge is 0.408 e. The number of benzene rings is 1. The van der Waals surface area contributed by atoms with Crippen molar-refractivity contribution in [2.45, 2.75) is 51.2 Å². The average Bonchev–Trinajstić information content (AvgIpc) is 2.99. The summed E-state index contributed by atoms with van der Waals surface area (Å²) in [6.07, 6.45) is 0.431. The van der Waals surface area contributed by atoms with Crippen LogP contribution in [0.1, 0.15) is 38.1 Å². The molecule has 0 saturated heterocycles. The topological polar surface area (TPSA) is 71.2 Å². The lowest BCUT2D eigenvalue weighted by molar-refractivity contribution is 0.0482. The fourth-order valence-corrected chi connectivity index (χ4v) is 4.54. The zero-order chi connectivity index (χ0) is 22.7. The first-order chi connectivity index (χ1) is 14.5. The van der Waals surface area contributed by atoms with Crippen molar-refractivity contribution >= 4 is 28.7 Å². The number of hydrogen-bond acceptors (Lipinski definition) is 3. The first-order valence-corrected chi connectivity index (χ1v) is 10.0. The molecule has 1 aliphatic rings. The molecule has 0 radical (unpaired) electrons. The Morgan fingerprint density at radius 1 is 1.19 bits per heavy atom. The van der Waals surface area contributed by atoms with Crippen molar-refractivity contribution < 1.29 is 23.1 Å². The van der Waals surface area contributed by atoms with Gasteiger partial charge < -0.3 is 9.67 Å². The minimum absolute atomic E-state index is 0.0890. The summed E-state index contributed by atoms with van der Waals surface area (Å²) in [5.41, 5.74) is 0.302. The van der Waals surface area contributed by atoms with Crippen LogP contribution in [0.5, 0.6) is 0 Å². The van der Waals surface area contributed by atoms with Crippen LogP contribution in [0.2, 0.25) is 5.15 Å². The third kappa shape index (κ3) is 3.71. The number of halogens is 4. The number of pyridine rings is 1. The summed E-state index contributed by atoms with van der Waals surface area (Å²) < 4.78 is 44.2. The van der Waals surface area contributed by atoms with E-state index in [4.69, 9.17) is 11.6 Å². The third-order valence-electron chi connectivity index (χ3n) is 5.62. The fourth-order valence-electron chi connectivity index (χ4n) is 4.39. The van der Waals surface area contributed by atoms with E-state index in [1.165, 1.54) is 11.1 Å². The van der Waals surface area contributed by atoms with E-state index in [2.05, 4.69) is 9.97 Å². The molecule has 0 saturated carbocycles. The number of amides is 1. The van der Waals surface area contributed by atoms with E-state index in [1.807, 2.05) is 4.57 Å². The molecule has 3 aromatic rings. The second kappa shape index (κ2) is 7.40. The van der Waals surface area contributed by atoms with Crippen LogP contribution in [-0.2, 0) is 13.0 Å². The molecular formula is C21H20ClF3N4O2. The molecule has 31 heavy (non-hydrogen) atoms. The van der Waals surface area contributed by atoms with E-state index in [1.54, 1.807) is 26.8 Å². The number of aromatic nitrogens is 3. The maximum atomic E-state index is 14.8. The summed E-state index contributed by atoms with van der Waals surface area (Å²) in [6.45, 7) is 5.31. The SMILES string of the molecule is CC(C)(C)N(C(=O)O)[C@H]1Cn2c(nc3cnc(Cl)cc32)C[C@@H]1c1cc(F)c(F)cc1F. The molecule has 0 spiro atoms. The van der Waals surface area contributed by atoms with Crippen molar-refractivity contribution in [2.75, 3.05) is 0 Å². The molecular weight excluding hydrogens is 433 g/mol. The number of fused-ring (bicyclic) bond motifs is 3. The molecule has 1 aliphatic heterocycles. The van der Waals surface area contributed by atoms with Gasteiger partial charge in [0.25, 0.3) is 0 Å². The van der Waals surface area contributed by atoms with Crippen LogP contribution in [-0.4, -0.2) is 42.2 Å². The zero-order valence-electron chi connectivity index (χ0n) is 17.0. The maximum Gasteiger partial charge on any atom is 0.408 e. The van der Waals surface area contributed by atoms with E-state index in [0.717, 1.165) is 6.07 Å². The molecule has 0 aliphatic carbocycles. The molecule has 0 unspecified atom stereocenters. The van der Waals surface area contributed by atoms with Gasteiger partial charge in [0.15, 0.2) is 11.6 Å². The van der Waals surface area contributed by atoms with Crippen molar-refractivity contribution in [3.63, 3.8) is 0 Å². The Balaban J connectivity index is 1.92. The molecule has 10 heteroatoms. The number of imidazole rings is 1. The average molecular weight is 453 g/mol. The van der Waals surface area contributed by atoms with Crippen LogP contribution in [0.15, 0.2) is 24.4 Å². The maximum absolute atomic E-state index is 14.8. The first kappa shape index (κ1) is 21.4. The normalized spacial score (nSPS) is 18.8. The number of rotatable bonds is 2. The van der Waals surface area contributed by atoms with Gasteiger partial charge in [-0.1, -0.05) is 11.6 Å². The van der Waals surface area contributed by atoms with Crippen molar-refractivity contribution in [3.8, 4) is 0 Å². The number of nitrogens with zero attached hydrogens (tertiary/aromatic N) is 4. The monoisotopic (exact) mass is 452 g/mol. The van der Waals surface area contributed by atoms with Gasteiger partial charge in [-0.3, -0.25) is 4.90 Å². The van der Waals surface area contributed by atoms with Crippen LogP contribution in [0, 0.1) is 17.5 Å². The van der Waals surface area contributed by atoms with Crippen LogP contribution in [0.3, 0.4) is 0 Å². The van der Waals surface area contributed by atoms with Crippen molar-refractivity contribution in [1.82, 2.24) is 19.4 Å². The second-order valence-electron chi connectivity index (χ2n) is 8.62. The van der Waals surface area contributed by atoms with E-state index < -0.39 is 41.0 Å². The Morgan fingerprint density at radius 2 is 1.87 bits per heavy atom. The molecule has 0 fully saturated rings. The Kier molecular flexibility index (Phi) is 5.12. The Hall–Kier alpha value is -2.81. The number of hydrogen-bond donors (Lipinski definition) is 1. The van der Waals surface area contributed by atoms with Gasteiger partial charge in [0.1, 0.15) is 22.3 Å². The highest BCUT2D eigenvalue weighted by Gasteiger charge is 2.43. The predicted octanol–water partition coefficient (Wildman–Crippen LogP) is 4.99. The highest BCUT2D eigenvalue weighted by atomic mass is 35.5. The zero-order valence-corrected chi connectivity index (χ0v) is 17.8. The summed E-state index contributed by atoms with van der Waals surface area (Å²) in [4.78, 5) is 22.0. The van der Waals surface area contributed by atoms with Gasteiger partial charge >= 0.3 is 6.09 Å². The van der Waals surface area contributed by atoms with Gasteiger partial charge in [-0.2, -0.15) is 0 Å². The van der Waals surface area contributed by atoms with Crippen LogP contribution >= 0.6 is 11.6 Å². The van der Waals surface area contributed by atoms with Crippen LogP contribution < -0.4 is 0 Å². The summed E-state index contributed by atoms with van der Waals surface area (Å²) in [6, 6.07) is 2.16. The molecule has 1 amide bonds. The summed E-state index contributed by atoms with van der Waals surface area (Å²) in [7, 11) is 0. The minimum atomic E-state index is -1.30. The molecule has 164 valence electrons. The Morgan fingerprint density at radius 3 is 2.52 bits per heavy atom. The van der Waals surface area contributed by atoms with Crippen molar-refractivity contribution in [1.29, 1.82) is 0 Å². The van der Waals surface area contributed by atoms with E-state index in [-0.39, 0.29) is 23.7 Å². The van der Waals surface area contributed by atoms with Gasteiger partial charge in [-0.15, -0.1) is 0 Å². The first-order valence-electron chi connectivity index (χ1n) is 9.64. The van der Waals surface area contributed by atoms with Crippen molar-refractivity contribution in [2.24, 2.45) is 0 Å². The Labute approximate surface area is 181 Å². The van der Waals surface area contributed by atoms with Gasteiger partial charge in [-0.05, 0) is 32.4 Å². The fraction of sp³-hybridized carbons (Fsp3) is 0.381. The van der Waals surface area contributed by atoms with E-state index >= 15 is 0 Å². The Bertz CT molecular complexity index is 1190. The largest absolute Gasteiger partial charge is 0.465 e. The lowest BCUT2D eigenvalue weighted by Crippen LogP contribution is -2.56. The van der Waals surface area contributed by atoms with E-state index in [0.29, 0.717) is 22.9 Å². The molecule has 0 bridgehead atoms. The predicted molar refractivity (Wildman–Crippen MR) is 109 cm³/mol. The lowest BCUT2D eigenvalue weighted by Gasteiger charge is -2.45. The molecule has 4 rings (SSSR count). The highest BCUT2D eigenvalue weighted by Crippen LogP contribution is 2.39. The highest BCUT2D eigenvalue weighted by molar-refractivity contribution is 6.29. The van der Waals surface area contributed by atoms with E-state index in [9.17, 15) is 23.1 Å². The molecule has 2 aromatic heterocycles. The number of carbonyl (C=O) groups is 1. The number of carboxylic acid groups (broad SMARTS) is 1. The van der Waals surface area contributed by atoms with Gasteiger partial charge in [0.05, 0.1) is 17.8 Å². The van der Waals surface area contributed by atoms with Crippen LogP contribution in [0.4, 0.5) is 18.0 Å². The lowest BCUT2D eigenvalue weighted by atomic mass is 9.83. The molecule has 1 aromatic carbocycles. The van der Waals surface area contributed by atoms with Gasteiger partial charge in [-0.25, -0.2) is 27.9 Å². The van der Waals surface area contributed by atoms with Gasteiger partial charge in [0, 0.05) is 36.6 Å². The molecule has 6 nitrogen and oxygen atoms in total. The van der Waals surface area contributed by atoms with Crippen LogP contribution in [0.25, 0.3) is 11.0 Å².